The Labute approximate surface area is 151 Å². The van der Waals surface area contributed by atoms with Crippen LogP contribution in [0.5, 0.6) is 0 Å². The zero-order valence-corrected chi connectivity index (χ0v) is 14.8. The van der Waals surface area contributed by atoms with Crippen LogP contribution in [0.15, 0.2) is 35.3 Å². The molecule has 0 bridgehead atoms. The summed E-state index contributed by atoms with van der Waals surface area (Å²) < 4.78 is 0. The van der Waals surface area contributed by atoms with Crippen molar-refractivity contribution in [2.24, 2.45) is 5.73 Å². The van der Waals surface area contributed by atoms with Crippen LogP contribution < -0.4 is 21.9 Å². The second kappa shape index (κ2) is 8.11. The number of likely N-dealkylation sites (tertiary alicyclic amines) is 1. The van der Waals surface area contributed by atoms with Crippen LogP contribution >= 0.6 is 0 Å². The van der Waals surface area contributed by atoms with Gasteiger partial charge in [0.15, 0.2) is 0 Å². The number of aromatic nitrogens is 2. The smallest absolute Gasteiger partial charge is 0.326 e. The number of nitrogens with two attached hydrogens (primary N) is 1. The maximum Gasteiger partial charge on any atom is 0.326 e. The number of carbonyl (C=O) groups excluding carboxylic acids is 1. The summed E-state index contributed by atoms with van der Waals surface area (Å²) in [6, 6.07) is 7.21. The van der Waals surface area contributed by atoms with Crippen LogP contribution in [0.4, 0.5) is 16.4 Å². The number of para-hydroxylation sites is 1. The minimum atomic E-state index is -0.457. The summed E-state index contributed by atoms with van der Waals surface area (Å²) >= 11 is 0. The Morgan fingerprint density at radius 2 is 2.19 bits per heavy atom. The SMILES string of the molecule is Cc1ccccc1NC(=O)Nc1ncc(CCN2CC[C@H](N)C2)c(=O)[nH]1. The fourth-order valence-electron chi connectivity index (χ4n) is 2.98. The number of amides is 2. The monoisotopic (exact) mass is 356 g/mol. The lowest BCUT2D eigenvalue weighted by Gasteiger charge is -2.14. The van der Waals surface area contributed by atoms with Crippen LogP contribution in [-0.2, 0) is 6.42 Å². The zero-order chi connectivity index (χ0) is 18.5. The molecule has 26 heavy (non-hydrogen) atoms. The number of nitrogens with one attached hydrogen (secondary N) is 3. The molecule has 5 N–H and O–H groups in total. The number of carbonyl (C=O) groups is 1. The molecule has 1 atom stereocenters. The maximum atomic E-state index is 12.2. The van der Waals surface area contributed by atoms with E-state index in [0.717, 1.165) is 31.6 Å². The summed E-state index contributed by atoms with van der Waals surface area (Å²) in [4.78, 5) is 33.2. The van der Waals surface area contributed by atoms with Crippen LogP contribution in [0, 0.1) is 6.92 Å². The van der Waals surface area contributed by atoms with Crippen molar-refractivity contribution in [1.82, 2.24) is 14.9 Å². The Hall–Kier alpha value is -2.71. The molecule has 8 heteroatoms. The van der Waals surface area contributed by atoms with E-state index in [4.69, 9.17) is 5.73 Å². The minimum absolute atomic E-state index is 0.119. The standard InChI is InChI=1S/C18H24N6O2/c1-12-4-2-3-5-15(12)21-18(26)23-17-20-10-13(16(25)22-17)6-8-24-9-7-14(19)11-24/h2-5,10,14H,6-9,11,19H2,1H3,(H3,20,21,22,23,25,26)/t14-/m0/s1. The fourth-order valence-corrected chi connectivity index (χ4v) is 2.98. The van der Waals surface area contributed by atoms with E-state index in [1.165, 1.54) is 6.20 Å². The predicted octanol–water partition coefficient (Wildman–Crippen LogP) is 1.30. The van der Waals surface area contributed by atoms with Crippen molar-refractivity contribution in [3.8, 4) is 0 Å². The largest absolute Gasteiger partial charge is 0.326 e. The molecule has 0 unspecified atom stereocenters. The quantitative estimate of drug-likeness (QED) is 0.644. The molecule has 1 aliphatic heterocycles. The number of anilines is 2. The number of hydrogen-bond acceptors (Lipinski definition) is 5. The molecule has 1 aromatic carbocycles. The first-order valence-electron chi connectivity index (χ1n) is 8.71. The Balaban J connectivity index is 1.56. The lowest BCUT2D eigenvalue weighted by molar-refractivity contribution is 0.262. The van der Waals surface area contributed by atoms with Crippen molar-refractivity contribution in [2.75, 3.05) is 30.3 Å². The first-order chi connectivity index (χ1) is 12.5. The molecule has 2 amide bonds. The number of benzene rings is 1. The fraction of sp³-hybridized carbons (Fsp3) is 0.389. The van der Waals surface area contributed by atoms with Crippen molar-refractivity contribution >= 4 is 17.7 Å². The molecule has 3 rings (SSSR count). The third-order valence-corrected chi connectivity index (χ3v) is 4.50. The second-order valence-electron chi connectivity index (χ2n) is 6.58. The van der Waals surface area contributed by atoms with Gasteiger partial charge < -0.3 is 16.0 Å². The van der Waals surface area contributed by atoms with Gasteiger partial charge in [0.05, 0.1) is 0 Å². The first-order valence-corrected chi connectivity index (χ1v) is 8.71. The molecular weight excluding hydrogens is 332 g/mol. The third kappa shape index (κ3) is 4.68. The van der Waals surface area contributed by atoms with Crippen molar-refractivity contribution in [2.45, 2.75) is 25.8 Å². The van der Waals surface area contributed by atoms with Gasteiger partial charge in [-0.1, -0.05) is 18.2 Å². The number of nitrogens with zero attached hydrogens (tertiary/aromatic N) is 2. The molecule has 2 aromatic rings. The molecule has 1 saturated heterocycles. The van der Waals surface area contributed by atoms with Crippen LogP contribution in [0.1, 0.15) is 17.5 Å². The molecule has 8 nitrogen and oxygen atoms in total. The Bertz CT molecular complexity index is 834. The van der Waals surface area contributed by atoms with Crippen molar-refractivity contribution in [3.05, 3.63) is 51.9 Å². The summed E-state index contributed by atoms with van der Waals surface area (Å²) in [6.45, 7) is 4.51. The van der Waals surface area contributed by atoms with Gasteiger partial charge in [-0.05, 0) is 37.9 Å². The summed E-state index contributed by atoms with van der Waals surface area (Å²) in [5, 5.41) is 5.27. The van der Waals surface area contributed by atoms with Gasteiger partial charge in [-0.15, -0.1) is 0 Å². The molecule has 2 heterocycles. The molecule has 0 radical (unpaired) electrons. The van der Waals surface area contributed by atoms with Gasteiger partial charge >= 0.3 is 6.03 Å². The van der Waals surface area contributed by atoms with Gasteiger partial charge in [0, 0.05) is 36.6 Å². The molecular formula is C18H24N6O2. The van der Waals surface area contributed by atoms with Crippen LogP contribution in [-0.4, -0.2) is 46.6 Å². The normalized spacial score (nSPS) is 17.2. The van der Waals surface area contributed by atoms with Gasteiger partial charge in [-0.3, -0.25) is 15.1 Å². The van der Waals surface area contributed by atoms with Crippen LogP contribution in [0.3, 0.4) is 0 Å². The van der Waals surface area contributed by atoms with E-state index >= 15 is 0 Å². The van der Waals surface area contributed by atoms with E-state index < -0.39 is 6.03 Å². The molecule has 0 spiro atoms. The van der Waals surface area contributed by atoms with E-state index in [1.54, 1.807) is 6.07 Å². The van der Waals surface area contributed by atoms with E-state index in [0.29, 0.717) is 17.7 Å². The highest BCUT2D eigenvalue weighted by atomic mass is 16.2. The maximum absolute atomic E-state index is 12.2. The van der Waals surface area contributed by atoms with E-state index in [-0.39, 0.29) is 17.5 Å². The number of aryl methyl sites for hydroxylation is 1. The summed E-state index contributed by atoms with van der Waals surface area (Å²) in [5.41, 5.74) is 7.89. The second-order valence-corrected chi connectivity index (χ2v) is 6.58. The van der Waals surface area contributed by atoms with E-state index in [9.17, 15) is 9.59 Å². The highest BCUT2D eigenvalue weighted by molar-refractivity contribution is 5.99. The molecule has 0 aliphatic carbocycles. The molecule has 138 valence electrons. The van der Waals surface area contributed by atoms with Crippen LogP contribution in [0.2, 0.25) is 0 Å². The summed E-state index contributed by atoms with van der Waals surface area (Å²) in [7, 11) is 0. The highest BCUT2D eigenvalue weighted by Gasteiger charge is 2.18. The third-order valence-electron chi connectivity index (χ3n) is 4.50. The number of H-pyrrole nitrogens is 1. The number of urea groups is 1. The Morgan fingerprint density at radius 1 is 1.38 bits per heavy atom. The van der Waals surface area contributed by atoms with E-state index in [2.05, 4.69) is 25.5 Å². The average Bonchev–Trinajstić information content (AvgIpc) is 3.01. The van der Waals surface area contributed by atoms with Gasteiger partial charge in [0.2, 0.25) is 5.95 Å². The van der Waals surface area contributed by atoms with Crippen LogP contribution in [0.25, 0.3) is 0 Å². The number of rotatable bonds is 5. The van der Waals surface area contributed by atoms with Gasteiger partial charge in [0.25, 0.3) is 5.56 Å². The predicted molar refractivity (Wildman–Crippen MR) is 101 cm³/mol. The molecule has 0 saturated carbocycles. The van der Waals surface area contributed by atoms with Gasteiger partial charge in [0.1, 0.15) is 0 Å². The lowest BCUT2D eigenvalue weighted by atomic mass is 10.2. The molecule has 1 aromatic heterocycles. The van der Waals surface area contributed by atoms with Gasteiger partial charge in [-0.25, -0.2) is 9.78 Å². The Morgan fingerprint density at radius 3 is 2.88 bits per heavy atom. The Kier molecular flexibility index (Phi) is 5.65. The van der Waals surface area contributed by atoms with Crippen molar-refractivity contribution in [1.29, 1.82) is 0 Å². The molecule has 1 fully saturated rings. The lowest BCUT2D eigenvalue weighted by Crippen LogP contribution is -2.29. The average molecular weight is 356 g/mol. The zero-order valence-electron chi connectivity index (χ0n) is 14.8. The first kappa shape index (κ1) is 18.1. The minimum Gasteiger partial charge on any atom is -0.326 e. The number of hydrogen-bond donors (Lipinski definition) is 4. The van der Waals surface area contributed by atoms with Crippen molar-refractivity contribution in [3.63, 3.8) is 0 Å². The molecule has 1 aliphatic rings. The van der Waals surface area contributed by atoms with Gasteiger partial charge in [-0.2, -0.15) is 0 Å². The summed E-state index contributed by atoms with van der Waals surface area (Å²) in [5.74, 6) is 0.119. The topological polar surface area (TPSA) is 116 Å². The number of aromatic amines is 1. The van der Waals surface area contributed by atoms with Crippen molar-refractivity contribution < 1.29 is 4.79 Å². The highest BCUT2D eigenvalue weighted by Crippen LogP contribution is 2.13. The van der Waals surface area contributed by atoms with E-state index in [1.807, 2.05) is 25.1 Å². The summed E-state index contributed by atoms with van der Waals surface area (Å²) in [6.07, 6.45) is 3.11.